The Morgan fingerprint density at radius 1 is 1.12 bits per heavy atom. The van der Waals surface area contributed by atoms with E-state index in [2.05, 4.69) is 10.2 Å². The SMILES string of the molecule is Cc1c(C(N)=O)sc2c1C(=O)N(Cc1ccccc1)C1=NN=C(c3ccc(Cl)cc3)CN12. The lowest BCUT2D eigenvalue weighted by Gasteiger charge is -2.38. The van der Waals surface area contributed by atoms with E-state index < -0.39 is 5.91 Å². The lowest BCUT2D eigenvalue weighted by atomic mass is 10.1. The highest BCUT2D eigenvalue weighted by molar-refractivity contribution is 7.19. The Kier molecular flexibility index (Phi) is 5.03. The van der Waals surface area contributed by atoms with Gasteiger partial charge < -0.3 is 5.73 Å². The van der Waals surface area contributed by atoms with E-state index in [0.29, 0.717) is 45.1 Å². The number of benzene rings is 2. The predicted molar refractivity (Wildman–Crippen MR) is 127 cm³/mol. The van der Waals surface area contributed by atoms with Gasteiger partial charge >= 0.3 is 0 Å². The van der Waals surface area contributed by atoms with Gasteiger partial charge in [-0.3, -0.25) is 19.4 Å². The highest BCUT2D eigenvalue weighted by Crippen LogP contribution is 2.41. The molecule has 0 saturated heterocycles. The van der Waals surface area contributed by atoms with Crippen molar-refractivity contribution in [2.24, 2.45) is 15.9 Å². The summed E-state index contributed by atoms with van der Waals surface area (Å²) in [6, 6.07) is 17.0. The summed E-state index contributed by atoms with van der Waals surface area (Å²) in [5, 5.41) is 10.1. The number of thiophene rings is 1. The smallest absolute Gasteiger partial charge is 0.264 e. The zero-order valence-corrected chi connectivity index (χ0v) is 18.7. The van der Waals surface area contributed by atoms with Crippen LogP contribution in [-0.2, 0) is 6.54 Å². The molecule has 5 rings (SSSR count). The Bertz CT molecular complexity index is 1300. The van der Waals surface area contributed by atoms with Gasteiger partial charge in [0.15, 0.2) is 0 Å². The molecule has 0 fully saturated rings. The van der Waals surface area contributed by atoms with Gasteiger partial charge in [0.1, 0.15) is 5.00 Å². The molecule has 3 aromatic rings. The van der Waals surface area contributed by atoms with Crippen LogP contribution in [0.5, 0.6) is 0 Å². The molecule has 0 saturated carbocycles. The van der Waals surface area contributed by atoms with E-state index in [4.69, 9.17) is 17.3 Å². The molecule has 2 N–H and O–H groups in total. The molecule has 2 aromatic carbocycles. The number of nitrogens with two attached hydrogens (primary N) is 1. The zero-order chi connectivity index (χ0) is 22.4. The van der Waals surface area contributed by atoms with E-state index >= 15 is 0 Å². The predicted octanol–water partition coefficient (Wildman–Crippen LogP) is 4.05. The highest BCUT2D eigenvalue weighted by Gasteiger charge is 2.41. The normalized spacial score (nSPS) is 15.1. The average molecular weight is 464 g/mol. The summed E-state index contributed by atoms with van der Waals surface area (Å²) < 4.78 is 0. The third-order valence-electron chi connectivity index (χ3n) is 5.47. The van der Waals surface area contributed by atoms with Crippen LogP contribution in [0.1, 0.15) is 36.7 Å². The topological polar surface area (TPSA) is 91.4 Å². The minimum Gasteiger partial charge on any atom is -0.365 e. The fraction of sp³-hybridized carbons (Fsp3) is 0.130. The number of fused-ring (bicyclic) bond motifs is 3. The lowest BCUT2D eigenvalue weighted by molar-refractivity contribution is 0.0832. The molecule has 1 aromatic heterocycles. The molecule has 160 valence electrons. The van der Waals surface area contributed by atoms with Crippen LogP contribution >= 0.6 is 22.9 Å². The first-order chi connectivity index (χ1) is 15.4. The maximum absolute atomic E-state index is 13.5. The summed E-state index contributed by atoms with van der Waals surface area (Å²) in [6.45, 7) is 2.49. The molecule has 32 heavy (non-hydrogen) atoms. The number of carbonyl (C=O) groups is 2. The van der Waals surface area contributed by atoms with Gasteiger partial charge in [-0.1, -0.05) is 54.1 Å². The van der Waals surface area contributed by atoms with E-state index in [0.717, 1.165) is 16.8 Å². The minimum atomic E-state index is -0.550. The van der Waals surface area contributed by atoms with Crippen molar-refractivity contribution in [3.05, 3.63) is 86.8 Å². The number of nitrogens with zero attached hydrogens (tertiary/aromatic N) is 4. The molecule has 0 unspecified atom stereocenters. The van der Waals surface area contributed by atoms with E-state index in [-0.39, 0.29) is 5.91 Å². The van der Waals surface area contributed by atoms with Crippen molar-refractivity contribution in [3.8, 4) is 0 Å². The number of anilines is 1. The Hall–Kier alpha value is -3.49. The maximum atomic E-state index is 13.5. The second-order valence-corrected chi connectivity index (χ2v) is 8.95. The summed E-state index contributed by atoms with van der Waals surface area (Å²) in [5.41, 5.74) is 9.24. The molecule has 0 atom stereocenters. The molecule has 7 nitrogen and oxygen atoms in total. The van der Waals surface area contributed by atoms with Crippen LogP contribution < -0.4 is 10.6 Å². The molecule has 0 aliphatic carbocycles. The van der Waals surface area contributed by atoms with Gasteiger partial charge in [-0.2, -0.15) is 0 Å². The lowest BCUT2D eigenvalue weighted by Crippen LogP contribution is -2.54. The van der Waals surface area contributed by atoms with Gasteiger partial charge in [0.05, 0.1) is 29.2 Å². The summed E-state index contributed by atoms with van der Waals surface area (Å²) in [7, 11) is 0. The molecule has 3 heterocycles. The minimum absolute atomic E-state index is 0.217. The first kappa shape index (κ1) is 20.4. The quantitative estimate of drug-likeness (QED) is 0.632. The van der Waals surface area contributed by atoms with Crippen LogP contribution in [0.2, 0.25) is 5.02 Å². The van der Waals surface area contributed by atoms with Crippen molar-refractivity contribution in [2.45, 2.75) is 13.5 Å². The van der Waals surface area contributed by atoms with Crippen molar-refractivity contribution >= 4 is 51.4 Å². The van der Waals surface area contributed by atoms with Crippen molar-refractivity contribution < 1.29 is 9.59 Å². The number of hydrogen-bond acceptors (Lipinski definition) is 6. The standard InChI is InChI=1S/C23H18ClN5O2S/c1-13-18-21(31)28(11-14-5-3-2-4-6-14)23-27-26-17(15-7-9-16(24)10-8-15)12-29(23)22(18)32-19(13)20(25)30/h2-10H,11-12H2,1H3,(H2,25,30). The number of amides is 2. The molecular weight excluding hydrogens is 446 g/mol. The molecular formula is C23H18ClN5O2S. The molecule has 2 amide bonds. The van der Waals surface area contributed by atoms with E-state index in [1.54, 1.807) is 24.0 Å². The van der Waals surface area contributed by atoms with Crippen molar-refractivity contribution in [3.63, 3.8) is 0 Å². The van der Waals surface area contributed by atoms with Crippen molar-refractivity contribution in [2.75, 3.05) is 11.4 Å². The average Bonchev–Trinajstić information content (AvgIpc) is 3.15. The molecule has 0 spiro atoms. The summed E-state index contributed by atoms with van der Waals surface area (Å²) in [4.78, 5) is 29.5. The van der Waals surface area contributed by atoms with Crippen LogP contribution in [0.3, 0.4) is 0 Å². The molecule has 9 heteroatoms. The van der Waals surface area contributed by atoms with Gasteiger partial charge in [0.25, 0.3) is 11.8 Å². The Balaban J connectivity index is 1.63. The Labute approximate surface area is 193 Å². The number of carbonyl (C=O) groups excluding carboxylic acids is 2. The number of primary amides is 1. The first-order valence-corrected chi connectivity index (χ1v) is 11.1. The van der Waals surface area contributed by atoms with Gasteiger partial charge in [-0.05, 0) is 35.7 Å². The van der Waals surface area contributed by atoms with Gasteiger partial charge in [0, 0.05) is 5.02 Å². The summed E-state index contributed by atoms with van der Waals surface area (Å²) >= 11 is 7.24. The van der Waals surface area contributed by atoms with E-state index in [1.807, 2.05) is 47.4 Å². The second-order valence-electron chi connectivity index (χ2n) is 7.52. The number of guanidine groups is 1. The van der Waals surface area contributed by atoms with Crippen LogP contribution in [0.4, 0.5) is 5.00 Å². The van der Waals surface area contributed by atoms with Crippen molar-refractivity contribution in [1.82, 2.24) is 4.90 Å². The van der Waals surface area contributed by atoms with Crippen LogP contribution in [0.25, 0.3) is 0 Å². The third kappa shape index (κ3) is 3.37. The third-order valence-corrected chi connectivity index (χ3v) is 7.05. The molecule has 2 aliphatic heterocycles. The fourth-order valence-electron chi connectivity index (χ4n) is 3.87. The summed E-state index contributed by atoms with van der Waals surface area (Å²) in [5.74, 6) is -0.335. The number of hydrogen-bond donors (Lipinski definition) is 1. The fourth-order valence-corrected chi connectivity index (χ4v) is 5.15. The zero-order valence-electron chi connectivity index (χ0n) is 17.1. The maximum Gasteiger partial charge on any atom is 0.264 e. The van der Waals surface area contributed by atoms with E-state index in [1.165, 1.54) is 11.3 Å². The van der Waals surface area contributed by atoms with Crippen LogP contribution in [0.15, 0.2) is 64.8 Å². The van der Waals surface area contributed by atoms with Crippen LogP contribution in [-0.4, -0.2) is 34.9 Å². The Morgan fingerprint density at radius 2 is 1.84 bits per heavy atom. The largest absolute Gasteiger partial charge is 0.365 e. The first-order valence-electron chi connectivity index (χ1n) is 9.91. The van der Waals surface area contributed by atoms with Crippen LogP contribution in [0, 0.1) is 6.92 Å². The summed E-state index contributed by atoms with van der Waals surface area (Å²) in [6.07, 6.45) is 0. The van der Waals surface area contributed by atoms with Gasteiger partial charge in [-0.15, -0.1) is 21.5 Å². The second kappa shape index (κ2) is 7.89. The number of halogens is 1. The highest BCUT2D eigenvalue weighted by atomic mass is 35.5. The monoisotopic (exact) mass is 463 g/mol. The van der Waals surface area contributed by atoms with E-state index in [9.17, 15) is 9.59 Å². The molecule has 2 aliphatic rings. The Morgan fingerprint density at radius 3 is 2.53 bits per heavy atom. The van der Waals surface area contributed by atoms with Gasteiger partial charge in [0.2, 0.25) is 5.96 Å². The molecule has 0 bridgehead atoms. The van der Waals surface area contributed by atoms with Gasteiger partial charge in [-0.25, -0.2) is 0 Å². The molecule has 0 radical (unpaired) electrons. The number of rotatable bonds is 4. The van der Waals surface area contributed by atoms with Crippen molar-refractivity contribution in [1.29, 1.82) is 0 Å².